The summed E-state index contributed by atoms with van der Waals surface area (Å²) in [5, 5.41) is 2.49. The standard InChI is InChI=1S/C19H17F3N2O4/c1-11(18(27)24-15-7-5-13(6-8-15)17(23)26)28-16(25)10-12-3-2-4-14(9-12)19(20,21)22/h2-9,11H,10H2,1H3,(H2,23,26)(H,24,27)/t11-/m0/s1. The highest BCUT2D eigenvalue weighted by molar-refractivity contribution is 5.96. The van der Waals surface area contributed by atoms with E-state index in [1.807, 2.05) is 0 Å². The van der Waals surface area contributed by atoms with E-state index in [4.69, 9.17) is 10.5 Å². The number of nitrogens with two attached hydrogens (primary N) is 1. The third-order valence-electron chi connectivity index (χ3n) is 3.72. The summed E-state index contributed by atoms with van der Waals surface area (Å²) in [4.78, 5) is 35.0. The van der Waals surface area contributed by atoms with E-state index in [1.165, 1.54) is 43.3 Å². The third-order valence-corrected chi connectivity index (χ3v) is 3.72. The van der Waals surface area contributed by atoms with Crippen molar-refractivity contribution in [2.24, 2.45) is 5.73 Å². The Morgan fingerprint density at radius 2 is 1.75 bits per heavy atom. The van der Waals surface area contributed by atoms with Gasteiger partial charge in [0, 0.05) is 11.3 Å². The van der Waals surface area contributed by atoms with Gasteiger partial charge in [-0.1, -0.05) is 18.2 Å². The molecule has 0 aromatic heterocycles. The van der Waals surface area contributed by atoms with Gasteiger partial charge in [0.1, 0.15) is 0 Å². The fourth-order valence-corrected chi connectivity index (χ4v) is 2.28. The summed E-state index contributed by atoms with van der Waals surface area (Å²) >= 11 is 0. The van der Waals surface area contributed by atoms with E-state index < -0.39 is 42.0 Å². The number of rotatable bonds is 6. The Hall–Kier alpha value is -3.36. The lowest BCUT2D eigenvalue weighted by Gasteiger charge is -2.14. The van der Waals surface area contributed by atoms with E-state index >= 15 is 0 Å². The molecule has 6 nitrogen and oxygen atoms in total. The minimum absolute atomic E-state index is 0.120. The maximum absolute atomic E-state index is 12.7. The molecule has 0 radical (unpaired) electrons. The Kier molecular flexibility index (Phi) is 6.40. The van der Waals surface area contributed by atoms with E-state index in [0.717, 1.165) is 12.1 Å². The van der Waals surface area contributed by atoms with Crippen LogP contribution in [0.25, 0.3) is 0 Å². The summed E-state index contributed by atoms with van der Waals surface area (Å²) in [5.74, 6) is -2.09. The molecule has 2 aromatic rings. The normalized spacial score (nSPS) is 12.1. The van der Waals surface area contributed by atoms with Gasteiger partial charge in [-0.2, -0.15) is 13.2 Å². The zero-order valence-corrected chi connectivity index (χ0v) is 14.7. The van der Waals surface area contributed by atoms with Crippen molar-refractivity contribution in [3.63, 3.8) is 0 Å². The largest absolute Gasteiger partial charge is 0.452 e. The fraction of sp³-hybridized carbons (Fsp3) is 0.211. The minimum Gasteiger partial charge on any atom is -0.452 e. The molecule has 0 heterocycles. The summed E-state index contributed by atoms with van der Waals surface area (Å²) in [5.41, 5.74) is 4.99. The molecule has 0 aliphatic carbocycles. The van der Waals surface area contributed by atoms with Crippen molar-refractivity contribution in [2.45, 2.75) is 25.6 Å². The lowest BCUT2D eigenvalue weighted by Crippen LogP contribution is -2.30. The Morgan fingerprint density at radius 3 is 2.32 bits per heavy atom. The number of primary amides is 1. The lowest BCUT2D eigenvalue weighted by atomic mass is 10.1. The number of ether oxygens (including phenoxy) is 1. The molecule has 0 aliphatic rings. The molecule has 2 amide bonds. The number of halogens is 3. The molecule has 3 N–H and O–H groups in total. The first-order valence-corrected chi connectivity index (χ1v) is 8.12. The van der Waals surface area contributed by atoms with E-state index in [-0.39, 0.29) is 11.1 Å². The summed E-state index contributed by atoms with van der Waals surface area (Å²) in [6, 6.07) is 10.1. The molecule has 148 valence electrons. The second kappa shape index (κ2) is 8.55. The highest BCUT2D eigenvalue weighted by atomic mass is 19.4. The molecule has 0 bridgehead atoms. The molecule has 0 fully saturated rings. The quantitative estimate of drug-likeness (QED) is 0.736. The first-order valence-electron chi connectivity index (χ1n) is 8.12. The van der Waals surface area contributed by atoms with Gasteiger partial charge in [0.15, 0.2) is 6.10 Å². The van der Waals surface area contributed by atoms with Crippen molar-refractivity contribution in [1.82, 2.24) is 0 Å². The number of carbonyl (C=O) groups excluding carboxylic acids is 3. The molecule has 0 saturated heterocycles. The zero-order chi connectivity index (χ0) is 20.9. The fourth-order valence-electron chi connectivity index (χ4n) is 2.28. The van der Waals surface area contributed by atoms with E-state index in [0.29, 0.717) is 5.69 Å². The SMILES string of the molecule is C[C@H](OC(=O)Cc1cccc(C(F)(F)F)c1)C(=O)Nc1ccc(C(N)=O)cc1. The van der Waals surface area contributed by atoms with Crippen molar-refractivity contribution < 1.29 is 32.3 Å². The number of alkyl halides is 3. The third kappa shape index (κ3) is 5.83. The number of esters is 1. The van der Waals surface area contributed by atoms with Gasteiger partial charge in [-0.05, 0) is 42.8 Å². The molecular formula is C19H17F3N2O4. The van der Waals surface area contributed by atoms with Gasteiger partial charge in [0.05, 0.1) is 12.0 Å². The Bertz CT molecular complexity index is 879. The van der Waals surface area contributed by atoms with Gasteiger partial charge < -0.3 is 15.8 Å². The van der Waals surface area contributed by atoms with Crippen LogP contribution in [-0.2, 0) is 26.9 Å². The van der Waals surface area contributed by atoms with Crippen LogP contribution in [0, 0.1) is 0 Å². The van der Waals surface area contributed by atoms with Gasteiger partial charge in [-0.25, -0.2) is 0 Å². The number of hydrogen-bond acceptors (Lipinski definition) is 4. The molecule has 9 heteroatoms. The van der Waals surface area contributed by atoms with Crippen LogP contribution in [0.5, 0.6) is 0 Å². The molecule has 1 atom stereocenters. The van der Waals surface area contributed by atoms with E-state index in [2.05, 4.69) is 5.32 Å². The highest BCUT2D eigenvalue weighted by Crippen LogP contribution is 2.29. The average Bonchev–Trinajstić information content (AvgIpc) is 2.61. The molecule has 0 spiro atoms. The van der Waals surface area contributed by atoms with Crippen LogP contribution in [0.1, 0.15) is 28.4 Å². The van der Waals surface area contributed by atoms with Gasteiger partial charge in [0.2, 0.25) is 5.91 Å². The number of carbonyl (C=O) groups is 3. The predicted octanol–water partition coefficient (Wildman–Crippen LogP) is 2.92. The predicted molar refractivity (Wildman–Crippen MR) is 94.3 cm³/mol. The van der Waals surface area contributed by atoms with Crippen LogP contribution in [0.3, 0.4) is 0 Å². The number of nitrogens with one attached hydrogen (secondary N) is 1. The maximum Gasteiger partial charge on any atom is 0.416 e. The zero-order valence-electron chi connectivity index (χ0n) is 14.7. The van der Waals surface area contributed by atoms with E-state index in [9.17, 15) is 27.6 Å². The van der Waals surface area contributed by atoms with Crippen LogP contribution < -0.4 is 11.1 Å². The van der Waals surface area contributed by atoms with Gasteiger partial charge in [-0.15, -0.1) is 0 Å². The van der Waals surface area contributed by atoms with Crippen LogP contribution in [0.4, 0.5) is 18.9 Å². The number of amides is 2. The molecule has 0 unspecified atom stereocenters. The first kappa shape index (κ1) is 20.9. The smallest absolute Gasteiger partial charge is 0.416 e. The second-order valence-electron chi connectivity index (χ2n) is 5.94. The van der Waals surface area contributed by atoms with Gasteiger partial charge in [-0.3, -0.25) is 14.4 Å². The maximum atomic E-state index is 12.7. The molecular weight excluding hydrogens is 377 g/mol. The molecule has 2 aromatic carbocycles. The van der Waals surface area contributed by atoms with Gasteiger partial charge >= 0.3 is 12.1 Å². The molecule has 2 rings (SSSR count). The molecule has 28 heavy (non-hydrogen) atoms. The van der Waals surface area contributed by atoms with Crippen LogP contribution in [0.2, 0.25) is 0 Å². The highest BCUT2D eigenvalue weighted by Gasteiger charge is 2.30. The summed E-state index contributed by atoms with van der Waals surface area (Å²) in [6.07, 6.45) is -6.10. The van der Waals surface area contributed by atoms with Crippen molar-refractivity contribution in [2.75, 3.05) is 5.32 Å². The molecule has 0 aliphatic heterocycles. The minimum atomic E-state index is -4.52. The Labute approximate surface area is 158 Å². The number of hydrogen-bond donors (Lipinski definition) is 2. The monoisotopic (exact) mass is 394 g/mol. The van der Waals surface area contributed by atoms with Gasteiger partial charge in [0.25, 0.3) is 5.91 Å². The lowest BCUT2D eigenvalue weighted by molar-refractivity contribution is -0.152. The average molecular weight is 394 g/mol. The van der Waals surface area contributed by atoms with E-state index in [1.54, 1.807) is 0 Å². The van der Waals surface area contributed by atoms with Crippen molar-refractivity contribution >= 4 is 23.5 Å². The Balaban J connectivity index is 1.92. The van der Waals surface area contributed by atoms with Crippen LogP contribution >= 0.6 is 0 Å². The first-order chi connectivity index (χ1) is 13.1. The van der Waals surface area contributed by atoms with Crippen molar-refractivity contribution in [3.8, 4) is 0 Å². The van der Waals surface area contributed by atoms with Crippen molar-refractivity contribution in [1.29, 1.82) is 0 Å². The summed E-state index contributed by atoms with van der Waals surface area (Å²) in [6.45, 7) is 1.33. The van der Waals surface area contributed by atoms with Crippen LogP contribution in [0.15, 0.2) is 48.5 Å². The second-order valence-corrected chi connectivity index (χ2v) is 5.94. The van der Waals surface area contributed by atoms with Crippen LogP contribution in [-0.4, -0.2) is 23.9 Å². The Morgan fingerprint density at radius 1 is 1.11 bits per heavy atom. The topological polar surface area (TPSA) is 98.5 Å². The van der Waals surface area contributed by atoms with Crippen molar-refractivity contribution in [3.05, 3.63) is 65.2 Å². The summed E-state index contributed by atoms with van der Waals surface area (Å²) in [7, 11) is 0. The summed E-state index contributed by atoms with van der Waals surface area (Å²) < 4.78 is 43.1. The number of anilines is 1. The molecule has 0 saturated carbocycles. The number of benzene rings is 2.